The summed E-state index contributed by atoms with van der Waals surface area (Å²) in [6.07, 6.45) is 1.93. The first kappa shape index (κ1) is 15.1. The number of anilines is 1. The number of carbonyl (C=O) groups excluding carboxylic acids is 1. The van der Waals surface area contributed by atoms with E-state index in [2.05, 4.69) is 22.7 Å². The smallest absolute Gasteiger partial charge is 0.251 e. The Balaban J connectivity index is 2.03. The number of nitrogens with one attached hydrogen (secondary N) is 2. The maximum atomic E-state index is 12.2. The van der Waals surface area contributed by atoms with Gasteiger partial charge >= 0.3 is 0 Å². The first-order valence-electron chi connectivity index (χ1n) is 7.13. The lowest BCUT2D eigenvalue weighted by molar-refractivity contribution is 0.0951. The second-order valence-corrected chi connectivity index (χ2v) is 5.16. The van der Waals surface area contributed by atoms with Gasteiger partial charge in [-0.25, -0.2) is 0 Å². The van der Waals surface area contributed by atoms with Gasteiger partial charge < -0.3 is 10.6 Å². The molecule has 1 amide bonds. The fraction of sp³-hybridized carbons (Fsp3) is 0.375. The van der Waals surface area contributed by atoms with Crippen molar-refractivity contribution in [3.05, 3.63) is 46.8 Å². The van der Waals surface area contributed by atoms with Gasteiger partial charge in [0.25, 0.3) is 5.91 Å². The molecular formula is C16H22N4O. The van der Waals surface area contributed by atoms with Gasteiger partial charge in [-0.05, 0) is 44.5 Å². The summed E-state index contributed by atoms with van der Waals surface area (Å²) in [5.74, 6) is -0.0654. The molecule has 0 unspecified atom stereocenters. The van der Waals surface area contributed by atoms with Crippen molar-refractivity contribution >= 4 is 11.6 Å². The van der Waals surface area contributed by atoms with E-state index in [0.717, 1.165) is 29.1 Å². The highest BCUT2D eigenvalue weighted by molar-refractivity contribution is 5.94. The van der Waals surface area contributed by atoms with Crippen molar-refractivity contribution in [2.24, 2.45) is 7.05 Å². The molecule has 112 valence electrons. The van der Waals surface area contributed by atoms with Gasteiger partial charge in [0.15, 0.2) is 0 Å². The van der Waals surface area contributed by atoms with Crippen molar-refractivity contribution < 1.29 is 4.79 Å². The first-order valence-corrected chi connectivity index (χ1v) is 7.13. The molecule has 5 heteroatoms. The second-order valence-electron chi connectivity index (χ2n) is 5.16. The Hall–Kier alpha value is -2.30. The van der Waals surface area contributed by atoms with Crippen molar-refractivity contribution in [1.82, 2.24) is 15.1 Å². The summed E-state index contributed by atoms with van der Waals surface area (Å²) >= 11 is 0. The minimum Gasteiger partial charge on any atom is -0.385 e. The molecule has 0 saturated heterocycles. The average molecular weight is 286 g/mol. The average Bonchev–Trinajstić information content (AvgIpc) is 2.76. The number of amides is 1. The summed E-state index contributed by atoms with van der Waals surface area (Å²) in [4.78, 5) is 12.2. The normalized spacial score (nSPS) is 10.5. The molecule has 0 spiro atoms. The van der Waals surface area contributed by atoms with Gasteiger partial charge in [0.2, 0.25) is 0 Å². The Labute approximate surface area is 125 Å². The van der Waals surface area contributed by atoms with E-state index in [1.165, 1.54) is 0 Å². The SMILES string of the molecule is CCNc1ccc(C(=O)NCc2cn(C)nc2C)cc1C. The summed E-state index contributed by atoms with van der Waals surface area (Å²) in [7, 11) is 1.88. The van der Waals surface area contributed by atoms with Crippen LogP contribution in [0, 0.1) is 13.8 Å². The van der Waals surface area contributed by atoms with Crippen LogP contribution in [-0.4, -0.2) is 22.2 Å². The van der Waals surface area contributed by atoms with E-state index in [1.54, 1.807) is 4.68 Å². The summed E-state index contributed by atoms with van der Waals surface area (Å²) in [5.41, 5.74) is 4.79. The monoisotopic (exact) mass is 286 g/mol. The zero-order valence-electron chi connectivity index (χ0n) is 13.0. The number of nitrogens with zero attached hydrogens (tertiary/aromatic N) is 2. The van der Waals surface area contributed by atoms with E-state index >= 15 is 0 Å². The lowest BCUT2D eigenvalue weighted by Gasteiger charge is -2.10. The molecule has 21 heavy (non-hydrogen) atoms. The molecule has 0 saturated carbocycles. The zero-order valence-corrected chi connectivity index (χ0v) is 13.0. The molecule has 0 bridgehead atoms. The quantitative estimate of drug-likeness (QED) is 0.887. The van der Waals surface area contributed by atoms with E-state index in [9.17, 15) is 4.79 Å². The van der Waals surface area contributed by atoms with Gasteiger partial charge in [0, 0.05) is 43.1 Å². The lowest BCUT2D eigenvalue weighted by Crippen LogP contribution is -2.23. The van der Waals surface area contributed by atoms with E-state index in [4.69, 9.17) is 0 Å². The summed E-state index contributed by atoms with van der Waals surface area (Å²) in [6.45, 7) is 7.35. The number of hydrogen-bond acceptors (Lipinski definition) is 3. The third-order valence-corrected chi connectivity index (χ3v) is 3.41. The third kappa shape index (κ3) is 3.62. The molecule has 0 aliphatic rings. The Morgan fingerprint density at radius 2 is 2.10 bits per heavy atom. The Kier molecular flexibility index (Phi) is 4.62. The molecule has 0 aliphatic heterocycles. The van der Waals surface area contributed by atoms with E-state index in [1.807, 2.05) is 45.3 Å². The minimum absolute atomic E-state index is 0.0654. The molecule has 0 radical (unpaired) electrons. The van der Waals surface area contributed by atoms with Crippen LogP contribution in [0.4, 0.5) is 5.69 Å². The Bertz CT molecular complexity index is 646. The number of aromatic nitrogens is 2. The number of aryl methyl sites for hydroxylation is 3. The molecular weight excluding hydrogens is 264 g/mol. The van der Waals surface area contributed by atoms with Gasteiger partial charge in [0.05, 0.1) is 5.69 Å². The van der Waals surface area contributed by atoms with Crippen molar-refractivity contribution in [3.8, 4) is 0 Å². The van der Waals surface area contributed by atoms with E-state index in [-0.39, 0.29) is 5.91 Å². The molecule has 5 nitrogen and oxygen atoms in total. The molecule has 2 rings (SSSR count). The predicted octanol–water partition coefficient (Wildman–Crippen LogP) is 2.40. The van der Waals surface area contributed by atoms with Crippen LogP contribution in [0.15, 0.2) is 24.4 Å². The molecule has 2 N–H and O–H groups in total. The topological polar surface area (TPSA) is 59.0 Å². The summed E-state index contributed by atoms with van der Waals surface area (Å²) in [6, 6.07) is 5.70. The molecule has 1 aromatic carbocycles. The minimum atomic E-state index is -0.0654. The van der Waals surface area contributed by atoms with Gasteiger partial charge in [-0.3, -0.25) is 9.48 Å². The van der Waals surface area contributed by atoms with Gasteiger partial charge in [-0.1, -0.05) is 0 Å². The number of hydrogen-bond donors (Lipinski definition) is 2. The van der Waals surface area contributed by atoms with Crippen molar-refractivity contribution in [2.75, 3.05) is 11.9 Å². The summed E-state index contributed by atoms with van der Waals surface area (Å²) < 4.78 is 1.76. The molecule has 0 aliphatic carbocycles. The van der Waals surface area contributed by atoms with E-state index in [0.29, 0.717) is 12.1 Å². The number of carbonyl (C=O) groups is 1. The predicted molar refractivity (Wildman–Crippen MR) is 84.5 cm³/mol. The van der Waals surface area contributed by atoms with Crippen molar-refractivity contribution in [2.45, 2.75) is 27.3 Å². The van der Waals surface area contributed by atoms with Crippen molar-refractivity contribution in [3.63, 3.8) is 0 Å². The third-order valence-electron chi connectivity index (χ3n) is 3.41. The van der Waals surface area contributed by atoms with Crippen LogP contribution in [-0.2, 0) is 13.6 Å². The Morgan fingerprint density at radius 1 is 1.33 bits per heavy atom. The van der Waals surface area contributed by atoms with Crippen molar-refractivity contribution in [1.29, 1.82) is 0 Å². The molecule has 1 heterocycles. The lowest BCUT2D eigenvalue weighted by atomic mass is 10.1. The van der Waals surface area contributed by atoms with Crippen LogP contribution in [0.5, 0.6) is 0 Å². The second kappa shape index (κ2) is 6.43. The van der Waals surface area contributed by atoms with Crippen LogP contribution >= 0.6 is 0 Å². The molecule has 2 aromatic rings. The Morgan fingerprint density at radius 3 is 2.67 bits per heavy atom. The highest BCUT2D eigenvalue weighted by atomic mass is 16.1. The van der Waals surface area contributed by atoms with Crippen LogP contribution in [0.2, 0.25) is 0 Å². The number of benzene rings is 1. The highest BCUT2D eigenvalue weighted by Gasteiger charge is 2.09. The standard InChI is InChI=1S/C16H22N4O/c1-5-17-15-7-6-13(8-11(15)2)16(21)18-9-14-10-20(4)19-12(14)3/h6-8,10,17H,5,9H2,1-4H3,(H,18,21). The highest BCUT2D eigenvalue weighted by Crippen LogP contribution is 2.16. The summed E-state index contributed by atoms with van der Waals surface area (Å²) in [5, 5.41) is 10.5. The van der Waals surface area contributed by atoms with Gasteiger partial charge in [-0.15, -0.1) is 0 Å². The zero-order chi connectivity index (χ0) is 15.4. The maximum absolute atomic E-state index is 12.2. The number of rotatable bonds is 5. The van der Waals surface area contributed by atoms with E-state index < -0.39 is 0 Å². The first-order chi connectivity index (χ1) is 10.0. The van der Waals surface area contributed by atoms with Crippen LogP contribution < -0.4 is 10.6 Å². The van der Waals surface area contributed by atoms with Gasteiger partial charge in [-0.2, -0.15) is 5.10 Å². The van der Waals surface area contributed by atoms with Crippen LogP contribution in [0.25, 0.3) is 0 Å². The largest absolute Gasteiger partial charge is 0.385 e. The van der Waals surface area contributed by atoms with Crippen LogP contribution in [0.1, 0.15) is 34.1 Å². The maximum Gasteiger partial charge on any atom is 0.251 e. The van der Waals surface area contributed by atoms with Crippen LogP contribution in [0.3, 0.4) is 0 Å². The molecule has 0 atom stereocenters. The molecule has 1 aromatic heterocycles. The fourth-order valence-corrected chi connectivity index (χ4v) is 2.29. The molecule has 0 fully saturated rings. The van der Waals surface area contributed by atoms with Gasteiger partial charge in [0.1, 0.15) is 0 Å². The fourth-order valence-electron chi connectivity index (χ4n) is 2.29.